The molecule has 0 atom stereocenters. The smallest absolute Gasteiger partial charge is 0.292 e. The monoisotopic (exact) mass is 285 g/mol. The second-order valence-electron chi connectivity index (χ2n) is 4.91. The highest BCUT2D eigenvalue weighted by molar-refractivity contribution is 5.64. The van der Waals surface area contributed by atoms with Gasteiger partial charge in [0.1, 0.15) is 5.69 Å². The van der Waals surface area contributed by atoms with Gasteiger partial charge in [-0.1, -0.05) is 30.3 Å². The number of benzene rings is 2. The number of nitrogens with zero attached hydrogens (tertiary/aromatic N) is 2. The lowest BCUT2D eigenvalue weighted by Crippen LogP contribution is -2.23. The molecule has 21 heavy (non-hydrogen) atoms. The molecule has 0 radical (unpaired) electrons. The Balaban J connectivity index is 2.34. The van der Waals surface area contributed by atoms with Gasteiger partial charge in [0.05, 0.1) is 4.92 Å². The fourth-order valence-corrected chi connectivity index (χ4v) is 2.39. The van der Waals surface area contributed by atoms with E-state index in [0.717, 1.165) is 17.8 Å². The second-order valence-corrected chi connectivity index (χ2v) is 4.91. The molecule has 0 aromatic heterocycles. The molecule has 0 saturated carbocycles. The SMILES string of the molecule is CCN(Cc1cccc([N+](=O)[O-])c1N)c1ccccc1C. The first-order valence-electron chi connectivity index (χ1n) is 6.87. The van der Waals surface area contributed by atoms with E-state index in [1.165, 1.54) is 11.6 Å². The maximum Gasteiger partial charge on any atom is 0.292 e. The summed E-state index contributed by atoms with van der Waals surface area (Å²) in [6.07, 6.45) is 0. The van der Waals surface area contributed by atoms with E-state index in [9.17, 15) is 10.1 Å². The Morgan fingerprint density at radius 1 is 1.19 bits per heavy atom. The highest BCUT2D eigenvalue weighted by atomic mass is 16.6. The number of nitro groups is 1. The summed E-state index contributed by atoms with van der Waals surface area (Å²) in [5, 5.41) is 11.0. The molecule has 0 fully saturated rings. The third-order valence-corrected chi connectivity index (χ3v) is 3.57. The van der Waals surface area contributed by atoms with E-state index in [4.69, 9.17) is 5.73 Å². The summed E-state index contributed by atoms with van der Waals surface area (Å²) in [5.41, 5.74) is 9.20. The molecule has 0 saturated heterocycles. The number of para-hydroxylation sites is 2. The molecule has 5 heteroatoms. The number of aryl methyl sites for hydroxylation is 1. The van der Waals surface area contributed by atoms with E-state index in [0.29, 0.717) is 6.54 Å². The first-order chi connectivity index (χ1) is 10.0. The second kappa shape index (κ2) is 6.26. The van der Waals surface area contributed by atoms with Gasteiger partial charge < -0.3 is 10.6 Å². The van der Waals surface area contributed by atoms with Gasteiger partial charge in [-0.2, -0.15) is 0 Å². The Morgan fingerprint density at radius 2 is 1.90 bits per heavy atom. The fourth-order valence-electron chi connectivity index (χ4n) is 2.39. The molecule has 0 amide bonds. The van der Waals surface area contributed by atoms with E-state index in [1.54, 1.807) is 6.07 Å². The van der Waals surface area contributed by atoms with E-state index < -0.39 is 4.92 Å². The average Bonchev–Trinajstić information content (AvgIpc) is 2.47. The summed E-state index contributed by atoms with van der Waals surface area (Å²) >= 11 is 0. The summed E-state index contributed by atoms with van der Waals surface area (Å²) in [4.78, 5) is 12.7. The molecule has 0 bridgehead atoms. The molecular formula is C16H19N3O2. The van der Waals surface area contributed by atoms with Crippen LogP contribution in [0.2, 0.25) is 0 Å². The normalized spacial score (nSPS) is 10.4. The van der Waals surface area contributed by atoms with E-state index in [2.05, 4.69) is 24.8 Å². The minimum atomic E-state index is -0.442. The van der Waals surface area contributed by atoms with Crippen molar-refractivity contribution in [2.24, 2.45) is 0 Å². The van der Waals surface area contributed by atoms with Crippen LogP contribution in [0.1, 0.15) is 18.1 Å². The Hall–Kier alpha value is -2.56. The van der Waals surface area contributed by atoms with Gasteiger partial charge in [-0.3, -0.25) is 10.1 Å². The van der Waals surface area contributed by atoms with Crippen molar-refractivity contribution in [3.05, 3.63) is 63.7 Å². The van der Waals surface area contributed by atoms with Crippen molar-refractivity contribution in [2.75, 3.05) is 17.2 Å². The zero-order valence-electron chi connectivity index (χ0n) is 12.2. The van der Waals surface area contributed by atoms with Crippen LogP contribution < -0.4 is 10.6 Å². The van der Waals surface area contributed by atoms with Crippen molar-refractivity contribution >= 4 is 17.1 Å². The van der Waals surface area contributed by atoms with Gasteiger partial charge in [-0.05, 0) is 25.5 Å². The van der Waals surface area contributed by atoms with Crippen LogP contribution in [-0.2, 0) is 6.54 Å². The summed E-state index contributed by atoms with van der Waals surface area (Å²) in [6, 6.07) is 13.0. The Bertz CT molecular complexity index is 656. The first kappa shape index (κ1) is 14.8. The minimum absolute atomic E-state index is 0.0339. The number of nitro benzene ring substituents is 1. The summed E-state index contributed by atoms with van der Waals surface area (Å²) in [6.45, 7) is 5.45. The highest BCUT2D eigenvalue weighted by Crippen LogP contribution is 2.28. The van der Waals surface area contributed by atoms with Crippen molar-refractivity contribution in [3.8, 4) is 0 Å². The Labute approximate surface area is 124 Å². The molecule has 5 nitrogen and oxygen atoms in total. The highest BCUT2D eigenvalue weighted by Gasteiger charge is 2.16. The van der Waals surface area contributed by atoms with Gasteiger partial charge in [0.15, 0.2) is 0 Å². The largest absolute Gasteiger partial charge is 0.393 e. The summed E-state index contributed by atoms with van der Waals surface area (Å²) in [5.74, 6) is 0. The number of hydrogen-bond donors (Lipinski definition) is 1. The van der Waals surface area contributed by atoms with Crippen LogP contribution in [0, 0.1) is 17.0 Å². The molecule has 2 rings (SSSR count). The van der Waals surface area contributed by atoms with Gasteiger partial charge >= 0.3 is 0 Å². The van der Waals surface area contributed by atoms with Crippen LogP contribution >= 0.6 is 0 Å². The van der Waals surface area contributed by atoms with Crippen molar-refractivity contribution in [1.82, 2.24) is 0 Å². The fraction of sp³-hybridized carbons (Fsp3) is 0.250. The number of hydrogen-bond acceptors (Lipinski definition) is 4. The van der Waals surface area contributed by atoms with Crippen molar-refractivity contribution in [3.63, 3.8) is 0 Å². The van der Waals surface area contributed by atoms with Crippen LogP contribution in [0.4, 0.5) is 17.1 Å². The quantitative estimate of drug-likeness (QED) is 0.518. The molecule has 0 spiro atoms. The van der Waals surface area contributed by atoms with Crippen molar-refractivity contribution in [2.45, 2.75) is 20.4 Å². The molecule has 0 heterocycles. The van der Waals surface area contributed by atoms with E-state index in [1.807, 2.05) is 24.3 Å². The zero-order chi connectivity index (χ0) is 15.4. The summed E-state index contributed by atoms with van der Waals surface area (Å²) in [7, 11) is 0. The van der Waals surface area contributed by atoms with Crippen LogP contribution in [0.15, 0.2) is 42.5 Å². The molecule has 0 aliphatic rings. The topological polar surface area (TPSA) is 72.4 Å². The molecule has 2 aromatic rings. The lowest BCUT2D eigenvalue weighted by Gasteiger charge is -2.25. The van der Waals surface area contributed by atoms with Gasteiger partial charge in [0.25, 0.3) is 5.69 Å². The van der Waals surface area contributed by atoms with Crippen LogP contribution in [0.3, 0.4) is 0 Å². The van der Waals surface area contributed by atoms with Crippen LogP contribution in [0.5, 0.6) is 0 Å². The molecule has 110 valence electrons. The Morgan fingerprint density at radius 3 is 2.52 bits per heavy atom. The average molecular weight is 285 g/mol. The number of nitrogen functional groups attached to an aromatic ring is 1. The lowest BCUT2D eigenvalue weighted by molar-refractivity contribution is -0.383. The van der Waals surface area contributed by atoms with Gasteiger partial charge in [0.2, 0.25) is 0 Å². The van der Waals surface area contributed by atoms with Crippen molar-refractivity contribution < 1.29 is 4.92 Å². The van der Waals surface area contributed by atoms with Gasteiger partial charge in [-0.25, -0.2) is 0 Å². The number of anilines is 2. The molecule has 2 aromatic carbocycles. The maximum atomic E-state index is 11.0. The predicted octanol–water partition coefficient (Wildman–Crippen LogP) is 3.51. The van der Waals surface area contributed by atoms with Gasteiger partial charge in [-0.15, -0.1) is 0 Å². The molecular weight excluding hydrogens is 266 g/mol. The van der Waals surface area contributed by atoms with Crippen molar-refractivity contribution in [1.29, 1.82) is 0 Å². The van der Waals surface area contributed by atoms with E-state index >= 15 is 0 Å². The minimum Gasteiger partial charge on any atom is -0.393 e. The molecule has 0 aliphatic heterocycles. The molecule has 0 unspecified atom stereocenters. The number of nitrogens with two attached hydrogens (primary N) is 1. The first-order valence-corrected chi connectivity index (χ1v) is 6.87. The van der Waals surface area contributed by atoms with Crippen LogP contribution in [0.25, 0.3) is 0 Å². The lowest BCUT2D eigenvalue weighted by atomic mass is 10.1. The maximum absolute atomic E-state index is 11.0. The zero-order valence-corrected chi connectivity index (χ0v) is 12.2. The molecule has 0 aliphatic carbocycles. The van der Waals surface area contributed by atoms with Crippen LogP contribution in [-0.4, -0.2) is 11.5 Å². The molecule has 2 N–H and O–H groups in total. The summed E-state index contributed by atoms with van der Waals surface area (Å²) < 4.78 is 0. The predicted molar refractivity (Wildman–Crippen MR) is 85.4 cm³/mol. The Kier molecular flexibility index (Phi) is 4.42. The van der Waals surface area contributed by atoms with E-state index in [-0.39, 0.29) is 11.4 Å². The van der Waals surface area contributed by atoms with Gasteiger partial charge in [0, 0.05) is 30.4 Å². The number of rotatable bonds is 5. The standard InChI is InChI=1S/C16H19N3O2/c1-3-18(14-9-5-4-7-12(14)2)11-13-8-6-10-15(16(13)17)19(20)21/h4-10H,3,11,17H2,1-2H3. The third-order valence-electron chi connectivity index (χ3n) is 3.57. The third kappa shape index (κ3) is 3.13.